The predicted octanol–water partition coefficient (Wildman–Crippen LogP) is 4.07. The lowest BCUT2D eigenvalue weighted by molar-refractivity contribution is 0.0740. The molecule has 5 heteroatoms. The average Bonchev–Trinajstić information content (AvgIpc) is 2.61. The molecule has 2 aromatic rings. The van der Waals surface area contributed by atoms with Crippen molar-refractivity contribution in [3.63, 3.8) is 0 Å². The second-order valence-electron chi connectivity index (χ2n) is 5.41. The summed E-state index contributed by atoms with van der Waals surface area (Å²) in [4.78, 5) is 14.2. The molecule has 2 aromatic carbocycles. The first-order chi connectivity index (χ1) is 11.5. The molecule has 0 bridgehead atoms. The maximum atomic E-state index is 13.9. The van der Waals surface area contributed by atoms with Gasteiger partial charge in [0.05, 0.1) is 19.8 Å². The molecule has 1 amide bonds. The number of amides is 1. The zero-order valence-corrected chi connectivity index (χ0v) is 14.4. The predicted molar refractivity (Wildman–Crippen MR) is 91.1 cm³/mol. The van der Waals surface area contributed by atoms with E-state index in [-0.39, 0.29) is 11.7 Å². The van der Waals surface area contributed by atoms with Gasteiger partial charge in [0.2, 0.25) is 0 Å². The van der Waals surface area contributed by atoms with Gasteiger partial charge < -0.3 is 14.4 Å². The van der Waals surface area contributed by atoms with Gasteiger partial charge in [0, 0.05) is 18.2 Å². The molecule has 0 aliphatic rings. The van der Waals surface area contributed by atoms with Gasteiger partial charge in [-0.2, -0.15) is 0 Å². The normalized spacial score (nSPS) is 11.7. The van der Waals surface area contributed by atoms with Crippen molar-refractivity contribution >= 4 is 5.91 Å². The summed E-state index contributed by atoms with van der Waals surface area (Å²) in [6, 6.07) is 11.1. The Morgan fingerprint density at radius 2 is 1.92 bits per heavy atom. The van der Waals surface area contributed by atoms with Crippen LogP contribution in [0.4, 0.5) is 4.39 Å². The van der Waals surface area contributed by atoms with Crippen LogP contribution in [0.15, 0.2) is 42.5 Å². The van der Waals surface area contributed by atoms with E-state index in [1.807, 2.05) is 6.92 Å². The van der Waals surface area contributed by atoms with Gasteiger partial charge in [0.15, 0.2) is 11.5 Å². The first-order valence-electron chi connectivity index (χ1n) is 7.82. The smallest absolute Gasteiger partial charge is 0.254 e. The standard InChI is InChI=1S/C19H22FNO3/c1-5-24-17-11-10-14(12-18(17)23-4)19(22)21(3)13(2)15-8-6-7-9-16(15)20/h6-13H,5H2,1-4H3. The van der Waals surface area contributed by atoms with Crippen LogP contribution in [0.3, 0.4) is 0 Å². The molecule has 24 heavy (non-hydrogen) atoms. The third-order valence-corrected chi connectivity index (χ3v) is 3.97. The lowest BCUT2D eigenvalue weighted by Gasteiger charge is -2.26. The minimum absolute atomic E-state index is 0.216. The second-order valence-corrected chi connectivity index (χ2v) is 5.41. The average molecular weight is 331 g/mol. The number of hydrogen-bond donors (Lipinski definition) is 0. The van der Waals surface area contributed by atoms with Crippen LogP contribution in [0.2, 0.25) is 0 Å². The molecule has 1 atom stereocenters. The van der Waals surface area contributed by atoms with Crippen LogP contribution in [0.5, 0.6) is 11.5 Å². The Labute approximate surface area is 141 Å². The van der Waals surface area contributed by atoms with Crippen LogP contribution in [0.1, 0.15) is 35.8 Å². The fourth-order valence-electron chi connectivity index (χ4n) is 2.48. The molecule has 0 N–H and O–H groups in total. The summed E-state index contributed by atoms with van der Waals surface area (Å²) in [6.45, 7) is 4.18. The van der Waals surface area contributed by atoms with E-state index < -0.39 is 6.04 Å². The molecule has 2 rings (SSSR count). The third kappa shape index (κ3) is 3.67. The Hall–Kier alpha value is -2.56. The van der Waals surface area contributed by atoms with Crippen LogP contribution < -0.4 is 9.47 Å². The zero-order valence-electron chi connectivity index (χ0n) is 14.4. The highest BCUT2D eigenvalue weighted by molar-refractivity contribution is 5.95. The van der Waals surface area contributed by atoms with Crippen molar-refractivity contribution in [3.05, 3.63) is 59.4 Å². The van der Waals surface area contributed by atoms with Gasteiger partial charge in [-0.15, -0.1) is 0 Å². The highest BCUT2D eigenvalue weighted by Crippen LogP contribution is 2.30. The van der Waals surface area contributed by atoms with Crippen LogP contribution in [0, 0.1) is 5.82 Å². The highest BCUT2D eigenvalue weighted by atomic mass is 19.1. The maximum absolute atomic E-state index is 13.9. The van der Waals surface area contributed by atoms with Crippen molar-refractivity contribution < 1.29 is 18.7 Å². The molecule has 128 valence electrons. The van der Waals surface area contributed by atoms with Crippen molar-refractivity contribution in [2.45, 2.75) is 19.9 Å². The Bertz CT molecular complexity index is 718. The first kappa shape index (κ1) is 17.8. The summed E-state index contributed by atoms with van der Waals surface area (Å²) < 4.78 is 24.7. The van der Waals surface area contributed by atoms with E-state index in [0.717, 1.165) is 0 Å². The van der Waals surface area contributed by atoms with Crippen LogP contribution in [-0.2, 0) is 0 Å². The fraction of sp³-hybridized carbons (Fsp3) is 0.316. The summed E-state index contributed by atoms with van der Waals surface area (Å²) in [7, 11) is 3.18. The molecule has 1 unspecified atom stereocenters. The second kappa shape index (κ2) is 7.81. The van der Waals surface area contributed by atoms with E-state index in [1.165, 1.54) is 18.1 Å². The van der Waals surface area contributed by atoms with Crippen molar-refractivity contribution in [1.29, 1.82) is 0 Å². The number of halogens is 1. The Morgan fingerprint density at radius 1 is 1.21 bits per heavy atom. The Balaban J connectivity index is 2.26. The summed E-state index contributed by atoms with van der Waals surface area (Å²) in [6.07, 6.45) is 0. The lowest BCUT2D eigenvalue weighted by atomic mass is 10.1. The summed E-state index contributed by atoms with van der Waals surface area (Å²) >= 11 is 0. The molecule has 0 aliphatic carbocycles. The molecule has 0 radical (unpaired) electrons. The number of ether oxygens (including phenoxy) is 2. The number of hydrogen-bond acceptors (Lipinski definition) is 3. The monoisotopic (exact) mass is 331 g/mol. The van der Waals surface area contributed by atoms with E-state index in [4.69, 9.17) is 9.47 Å². The van der Waals surface area contributed by atoms with Crippen molar-refractivity contribution in [3.8, 4) is 11.5 Å². The zero-order chi connectivity index (χ0) is 17.7. The molecule has 0 saturated heterocycles. The number of nitrogens with zero attached hydrogens (tertiary/aromatic N) is 1. The Kier molecular flexibility index (Phi) is 5.79. The van der Waals surface area contributed by atoms with E-state index in [1.54, 1.807) is 50.4 Å². The summed E-state index contributed by atoms with van der Waals surface area (Å²) in [5.41, 5.74) is 0.937. The van der Waals surface area contributed by atoms with Gasteiger partial charge in [0.1, 0.15) is 5.82 Å². The molecular formula is C19H22FNO3. The fourth-order valence-corrected chi connectivity index (χ4v) is 2.48. The number of methoxy groups -OCH3 is 1. The van der Waals surface area contributed by atoms with Crippen LogP contribution in [0.25, 0.3) is 0 Å². The van der Waals surface area contributed by atoms with Gasteiger partial charge >= 0.3 is 0 Å². The molecule has 0 aliphatic heterocycles. The van der Waals surface area contributed by atoms with Crippen molar-refractivity contribution in [2.75, 3.05) is 20.8 Å². The van der Waals surface area contributed by atoms with Gasteiger partial charge in [-0.3, -0.25) is 4.79 Å². The number of carbonyl (C=O) groups excluding carboxylic acids is 1. The number of rotatable bonds is 6. The summed E-state index contributed by atoms with van der Waals surface area (Å²) in [5, 5.41) is 0. The quantitative estimate of drug-likeness (QED) is 0.801. The van der Waals surface area contributed by atoms with Gasteiger partial charge in [-0.05, 0) is 38.1 Å². The van der Waals surface area contributed by atoms with Crippen molar-refractivity contribution in [2.24, 2.45) is 0 Å². The lowest BCUT2D eigenvalue weighted by Crippen LogP contribution is -2.30. The van der Waals surface area contributed by atoms with E-state index in [2.05, 4.69) is 0 Å². The number of carbonyl (C=O) groups is 1. The van der Waals surface area contributed by atoms with Crippen LogP contribution >= 0.6 is 0 Å². The van der Waals surface area contributed by atoms with E-state index in [9.17, 15) is 9.18 Å². The molecule has 0 spiro atoms. The highest BCUT2D eigenvalue weighted by Gasteiger charge is 2.22. The Morgan fingerprint density at radius 3 is 2.54 bits per heavy atom. The molecule has 0 aromatic heterocycles. The van der Waals surface area contributed by atoms with Gasteiger partial charge in [0.25, 0.3) is 5.91 Å². The van der Waals surface area contributed by atoms with E-state index in [0.29, 0.717) is 29.2 Å². The van der Waals surface area contributed by atoms with Gasteiger partial charge in [-0.25, -0.2) is 4.39 Å². The molecule has 4 nitrogen and oxygen atoms in total. The van der Waals surface area contributed by atoms with Crippen LogP contribution in [-0.4, -0.2) is 31.6 Å². The maximum Gasteiger partial charge on any atom is 0.254 e. The molecule has 0 heterocycles. The topological polar surface area (TPSA) is 38.8 Å². The number of benzene rings is 2. The minimum Gasteiger partial charge on any atom is -0.493 e. The first-order valence-corrected chi connectivity index (χ1v) is 7.82. The molecular weight excluding hydrogens is 309 g/mol. The van der Waals surface area contributed by atoms with Crippen molar-refractivity contribution in [1.82, 2.24) is 4.90 Å². The SMILES string of the molecule is CCOc1ccc(C(=O)N(C)C(C)c2ccccc2F)cc1OC. The largest absolute Gasteiger partial charge is 0.493 e. The summed E-state index contributed by atoms with van der Waals surface area (Å²) in [5.74, 6) is 0.539. The molecule has 0 fully saturated rings. The van der Waals surface area contributed by atoms with E-state index >= 15 is 0 Å². The minimum atomic E-state index is -0.392. The van der Waals surface area contributed by atoms with Gasteiger partial charge in [-0.1, -0.05) is 18.2 Å². The molecule has 0 saturated carbocycles. The third-order valence-electron chi connectivity index (χ3n) is 3.97.